The molecule has 0 bridgehead atoms. The van der Waals surface area contributed by atoms with Gasteiger partial charge >= 0.3 is 5.97 Å². The maximum Gasteiger partial charge on any atom is 0.304 e. The van der Waals surface area contributed by atoms with Gasteiger partial charge in [0.1, 0.15) is 0 Å². The molecule has 118 valence electrons. The molecule has 0 aliphatic heterocycles. The standard InChI is InChI=1S/C12H24N2O5S/c1-14(7-6-12(16)17)20(18,19)13-8-10-4-2-3-5-11(10)9-15/h10-11,13,15H,2-9H2,1H3,(H,16,17). The lowest BCUT2D eigenvalue weighted by molar-refractivity contribution is -0.137. The van der Waals surface area contributed by atoms with Crippen molar-refractivity contribution >= 4 is 16.2 Å². The Labute approximate surface area is 120 Å². The molecule has 1 saturated carbocycles. The Hall–Kier alpha value is -0.700. The first-order valence-corrected chi connectivity index (χ1v) is 8.34. The highest BCUT2D eigenvalue weighted by atomic mass is 32.2. The highest BCUT2D eigenvalue weighted by Crippen LogP contribution is 2.29. The average molecular weight is 308 g/mol. The summed E-state index contributed by atoms with van der Waals surface area (Å²) in [6, 6.07) is 0. The fourth-order valence-electron chi connectivity index (χ4n) is 2.49. The number of carboxylic acids is 1. The highest BCUT2D eigenvalue weighted by Gasteiger charge is 2.27. The summed E-state index contributed by atoms with van der Waals surface area (Å²) in [6.45, 7) is 0.324. The quantitative estimate of drug-likeness (QED) is 0.586. The van der Waals surface area contributed by atoms with E-state index in [0.29, 0.717) is 6.54 Å². The summed E-state index contributed by atoms with van der Waals surface area (Å²) in [5, 5.41) is 17.9. The van der Waals surface area contributed by atoms with E-state index in [1.807, 2.05) is 0 Å². The zero-order chi connectivity index (χ0) is 15.2. The second kappa shape index (κ2) is 7.92. The van der Waals surface area contributed by atoms with Gasteiger partial charge in [-0.15, -0.1) is 0 Å². The summed E-state index contributed by atoms with van der Waals surface area (Å²) in [5.41, 5.74) is 0. The maximum absolute atomic E-state index is 11.9. The molecule has 2 unspecified atom stereocenters. The van der Waals surface area contributed by atoms with E-state index in [1.54, 1.807) is 0 Å². The van der Waals surface area contributed by atoms with Crippen LogP contribution in [-0.4, -0.2) is 55.6 Å². The molecule has 0 aromatic rings. The van der Waals surface area contributed by atoms with E-state index in [4.69, 9.17) is 5.11 Å². The second-order valence-electron chi connectivity index (χ2n) is 5.31. The SMILES string of the molecule is CN(CCC(=O)O)S(=O)(=O)NCC1CCCCC1CO. The highest BCUT2D eigenvalue weighted by molar-refractivity contribution is 7.87. The van der Waals surface area contributed by atoms with E-state index in [-0.39, 0.29) is 31.4 Å². The van der Waals surface area contributed by atoms with Gasteiger partial charge in [0.2, 0.25) is 0 Å². The minimum absolute atomic E-state index is 0.0568. The number of aliphatic hydroxyl groups is 1. The second-order valence-corrected chi connectivity index (χ2v) is 7.17. The van der Waals surface area contributed by atoms with Crippen molar-refractivity contribution < 1.29 is 23.4 Å². The van der Waals surface area contributed by atoms with Crippen LogP contribution >= 0.6 is 0 Å². The minimum atomic E-state index is -3.65. The Bertz CT molecular complexity index is 412. The molecule has 1 aliphatic carbocycles. The van der Waals surface area contributed by atoms with Crippen LogP contribution < -0.4 is 4.72 Å². The largest absolute Gasteiger partial charge is 0.481 e. The van der Waals surface area contributed by atoms with Crippen LogP contribution in [0.1, 0.15) is 32.1 Å². The third kappa shape index (κ3) is 5.35. The predicted octanol–water partition coefficient (Wildman–Crippen LogP) is 0.0260. The van der Waals surface area contributed by atoms with Gasteiger partial charge in [0, 0.05) is 26.7 Å². The number of hydrogen-bond donors (Lipinski definition) is 3. The summed E-state index contributed by atoms with van der Waals surface area (Å²) in [7, 11) is -2.29. The lowest BCUT2D eigenvalue weighted by atomic mass is 9.80. The summed E-state index contributed by atoms with van der Waals surface area (Å²) < 4.78 is 27.4. The molecular weight excluding hydrogens is 284 g/mol. The first-order chi connectivity index (χ1) is 9.36. The molecular formula is C12H24N2O5S. The van der Waals surface area contributed by atoms with Gasteiger partial charge in [-0.25, -0.2) is 4.72 Å². The van der Waals surface area contributed by atoms with E-state index in [2.05, 4.69) is 4.72 Å². The number of aliphatic carboxylic acids is 1. The number of carboxylic acid groups (broad SMARTS) is 1. The zero-order valence-electron chi connectivity index (χ0n) is 11.8. The molecule has 8 heteroatoms. The first kappa shape index (κ1) is 17.4. The Morgan fingerprint density at radius 3 is 2.45 bits per heavy atom. The van der Waals surface area contributed by atoms with Gasteiger partial charge in [-0.2, -0.15) is 12.7 Å². The monoisotopic (exact) mass is 308 g/mol. The van der Waals surface area contributed by atoms with Crippen LogP contribution in [0.3, 0.4) is 0 Å². The number of rotatable bonds is 8. The summed E-state index contributed by atoms with van der Waals surface area (Å²) in [6.07, 6.45) is 3.75. The summed E-state index contributed by atoms with van der Waals surface area (Å²) in [4.78, 5) is 10.4. The summed E-state index contributed by atoms with van der Waals surface area (Å²) in [5.74, 6) is -0.730. The molecule has 0 saturated heterocycles. The number of carbonyl (C=O) groups is 1. The normalized spacial score (nSPS) is 23.9. The maximum atomic E-state index is 11.9. The van der Waals surface area contributed by atoms with Crippen LogP contribution in [0.5, 0.6) is 0 Å². The molecule has 0 radical (unpaired) electrons. The fourth-order valence-corrected chi connectivity index (χ4v) is 3.47. The van der Waals surface area contributed by atoms with Crippen molar-refractivity contribution in [3.8, 4) is 0 Å². The van der Waals surface area contributed by atoms with Crippen molar-refractivity contribution in [2.45, 2.75) is 32.1 Å². The van der Waals surface area contributed by atoms with Crippen LogP contribution in [0.2, 0.25) is 0 Å². The number of nitrogens with one attached hydrogen (secondary N) is 1. The lowest BCUT2D eigenvalue weighted by Crippen LogP contribution is -2.43. The van der Waals surface area contributed by atoms with E-state index >= 15 is 0 Å². The molecule has 0 amide bonds. The number of hydrogen-bond acceptors (Lipinski definition) is 4. The van der Waals surface area contributed by atoms with E-state index in [0.717, 1.165) is 30.0 Å². The topological polar surface area (TPSA) is 107 Å². The van der Waals surface area contributed by atoms with E-state index in [1.165, 1.54) is 7.05 Å². The molecule has 0 spiro atoms. The molecule has 0 heterocycles. The lowest BCUT2D eigenvalue weighted by Gasteiger charge is -2.30. The minimum Gasteiger partial charge on any atom is -0.481 e. The number of aliphatic hydroxyl groups excluding tert-OH is 1. The third-order valence-electron chi connectivity index (χ3n) is 3.88. The molecule has 1 aliphatic rings. The van der Waals surface area contributed by atoms with Crippen molar-refractivity contribution in [2.24, 2.45) is 11.8 Å². The first-order valence-electron chi connectivity index (χ1n) is 6.90. The Morgan fingerprint density at radius 2 is 1.90 bits per heavy atom. The average Bonchev–Trinajstić information content (AvgIpc) is 2.42. The van der Waals surface area contributed by atoms with Crippen LogP contribution in [0.15, 0.2) is 0 Å². The van der Waals surface area contributed by atoms with Gasteiger partial charge in [-0.05, 0) is 24.7 Å². The van der Waals surface area contributed by atoms with Gasteiger partial charge in [-0.1, -0.05) is 12.8 Å². The molecule has 3 N–H and O–H groups in total. The van der Waals surface area contributed by atoms with Crippen molar-refractivity contribution in [3.63, 3.8) is 0 Å². The van der Waals surface area contributed by atoms with Gasteiger partial charge in [-0.3, -0.25) is 4.79 Å². The van der Waals surface area contributed by atoms with Gasteiger partial charge in [0.25, 0.3) is 10.2 Å². The van der Waals surface area contributed by atoms with E-state index < -0.39 is 16.2 Å². The Kier molecular flexibility index (Phi) is 6.87. The van der Waals surface area contributed by atoms with Crippen molar-refractivity contribution in [3.05, 3.63) is 0 Å². The molecule has 1 rings (SSSR count). The Balaban J connectivity index is 2.47. The molecule has 20 heavy (non-hydrogen) atoms. The zero-order valence-corrected chi connectivity index (χ0v) is 12.6. The van der Waals surface area contributed by atoms with Crippen molar-refractivity contribution in [1.29, 1.82) is 0 Å². The van der Waals surface area contributed by atoms with Gasteiger partial charge < -0.3 is 10.2 Å². The van der Waals surface area contributed by atoms with Gasteiger partial charge in [0.05, 0.1) is 6.42 Å². The van der Waals surface area contributed by atoms with Crippen LogP contribution in [0.4, 0.5) is 0 Å². The molecule has 0 aromatic carbocycles. The number of nitrogens with zero attached hydrogens (tertiary/aromatic N) is 1. The van der Waals surface area contributed by atoms with Gasteiger partial charge in [0.15, 0.2) is 0 Å². The van der Waals surface area contributed by atoms with Crippen LogP contribution in [0.25, 0.3) is 0 Å². The third-order valence-corrected chi connectivity index (χ3v) is 5.41. The molecule has 0 aromatic heterocycles. The smallest absolute Gasteiger partial charge is 0.304 e. The van der Waals surface area contributed by atoms with Crippen LogP contribution in [0, 0.1) is 11.8 Å². The Morgan fingerprint density at radius 1 is 1.30 bits per heavy atom. The fraction of sp³-hybridized carbons (Fsp3) is 0.917. The molecule has 7 nitrogen and oxygen atoms in total. The van der Waals surface area contributed by atoms with Crippen molar-refractivity contribution in [1.82, 2.24) is 9.03 Å². The van der Waals surface area contributed by atoms with E-state index in [9.17, 15) is 18.3 Å². The predicted molar refractivity (Wildman–Crippen MR) is 74.3 cm³/mol. The molecule has 1 fully saturated rings. The summed E-state index contributed by atoms with van der Waals surface area (Å²) >= 11 is 0. The van der Waals surface area contributed by atoms with Crippen molar-refractivity contribution in [2.75, 3.05) is 26.7 Å². The molecule has 2 atom stereocenters. The van der Waals surface area contributed by atoms with Crippen LogP contribution in [-0.2, 0) is 15.0 Å².